The Bertz CT molecular complexity index is 1090. The van der Waals surface area contributed by atoms with Gasteiger partial charge >= 0.3 is 0 Å². The number of carbonyl (C=O) groups excluding carboxylic acids is 1. The molecule has 32 heavy (non-hydrogen) atoms. The summed E-state index contributed by atoms with van der Waals surface area (Å²) in [5.41, 5.74) is 1.48. The topological polar surface area (TPSA) is 119 Å². The number of nitrogens with zero attached hydrogens (tertiary/aromatic N) is 2. The molecular weight excluding hydrogens is 434 g/mol. The van der Waals surface area contributed by atoms with Crippen LogP contribution in [0.4, 0.5) is 5.69 Å². The first-order chi connectivity index (χ1) is 15.0. The van der Waals surface area contributed by atoms with Crippen molar-refractivity contribution in [1.29, 1.82) is 0 Å². The maximum absolute atomic E-state index is 12.5. The van der Waals surface area contributed by atoms with E-state index in [-0.39, 0.29) is 29.2 Å². The van der Waals surface area contributed by atoms with Gasteiger partial charge in [0, 0.05) is 50.1 Å². The number of carbonyl (C=O) groups is 1. The summed E-state index contributed by atoms with van der Waals surface area (Å²) in [7, 11) is -3.70. The van der Waals surface area contributed by atoms with E-state index >= 15 is 0 Å². The highest BCUT2D eigenvalue weighted by Crippen LogP contribution is 2.21. The quantitative estimate of drug-likeness (QED) is 0.497. The van der Waals surface area contributed by atoms with Crippen LogP contribution in [0.3, 0.4) is 0 Å². The van der Waals surface area contributed by atoms with Crippen molar-refractivity contribution in [3.63, 3.8) is 0 Å². The van der Waals surface area contributed by atoms with Crippen LogP contribution in [0, 0.1) is 10.1 Å². The predicted molar refractivity (Wildman–Crippen MR) is 119 cm³/mol. The van der Waals surface area contributed by atoms with Crippen LogP contribution in [-0.4, -0.2) is 55.7 Å². The van der Waals surface area contributed by atoms with Gasteiger partial charge in [-0.1, -0.05) is 24.3 Å². The second-order valence-electron chi connectivity index (χ2n) is 8.20. The second-order valence-corrected chi connectivity index (χ2v) is 10.2. The molecule has 9 nitrogen and oxygen atoms in total. The Morgan fingerprint density at radius 2 is 1.72 bits per heavy atom. The first kappa shape index (κ1) is 23.8. The molecule has 0 aromatic heterocycles. The minimum absolute atomic E-state index is 0.0770. The van der Waals surface area contributed by atoms with Crippen molar-refractivity contribution in [1.82, 2.24) is 10.2 Å². The zero-order chi connectivity index (χ0) is 23.5. The lowest BCUT2D eigenvalue weighted by Crippen LogP contribution is -2.44. The summed E-state index contributed by atoms with van der Waals surface area (Å²) in [6.45, 7) is 6.90. The van der Waals surface area contributed by atoms with E-state index in [0.29, 0.717) is 0 Å². The number of nitrogens with one attached hydrogen (secondary N) is 1. The number of benzene rings is 2. The molecule has 1 N–H and O–H groups in total. The van der Waals surface area contributed by atoms with Crippen LogP contribution < -0.4 is 5.32 Å². The molecule has 1 fully saturated rings. The lowest BCUT2D eigenvalue weighted by Gasteiger charge is -2.35. The van der Waals surface area contributed by atoms with E-state index in [2.05, 4.69) is 24.1 Å². The number of rotatable bonds is 7. The first-order valence-corrected chi connectivity index (χ1v) is 12.1. The van der Waals surface area contributed by atoms with Gasteiger partial charge in [0.15, 0.2) is 9.84 Å². The van der Waals surface area contributed by atoms with Gasteiger partial charge in [-0.25, -0.2) is 8.42 Å². The van der Waals surface area contributed by atoms with Gasteiger partial charge < -0.3 is 10.1 Å². The molecule has 1 aliphatic heterocycles. The largest absolute Gasteiger partial charge is 0.373 e. The van der Waals surface area contributed by atoms with Crippen LogP contribution in [0.1, 0.15) is 35.3 Å². The molecule has 0 aliphatic carbocycles. The van der Waals surface area contributed by atoms with Crippen molar-refractivity contribution >= 4 is 21.4 Å². The van der Waals surface area contributed by atoms with Gasteiger partial charge in [-0.15, -0.1) is 0 Å². The van der Waals surface area contributed by atoms with E-state index in [1.54, 1.807) is 0 Å². The molecule has 2 unspecified atom stereocenters. The normalized spacial score (nSPS) is 19.5. The van der Waals surface area contributed by atoms with Crippen molar-refractivity contribution in [3.05, 3.63) is 69.3 Å². The van der Waals surface area contributed by atoms with Gasteiger partial charge in [-0.3, -0.25) is 19.8 Å². The standard InChI is InChI=1S/C22H27N3O6S/c1-15-12-24(13-16(2)31-15)14-18-6-4-17(5-7-18)11-23-22(26)19-8-20(25(27)28)10-21(9-19)32(3,29)30/h4-10,15-16H,11-14H2,1-3H3,(H,23,26). The van der Waals surface area contributed by atoms with E-state index in [1.807, 2.05) is 24.3 Å². The van der Waals surface area contributed by atoms with Crippen LogP contribution in [-0.2, 0) is 27.7 Å². The molecule has 0 radical (unpaired) electrons. The zero-order valence-corrected chi connectivity index (χ0v) is 19.1. The Balaban J connectivity index is 1.64. The summed E-state index contributed by atoms with van der Waals surface area (Å²) in [6, 6.07) is 11.0. The summed E-state index contributed by atoms with van der Waals surface area (Å²) in [4.78, 5) is 25.0. The fraction of sp³-hybridized carbons (Fsp3) is 0.409. The molecule has 3 rings (SSSR count). The third-order valence-corrected chi connectivity index (χ3v) is 6.26. The Morgan fingerprint density at radius 3 is 2.28 bits per heavy atom. The SMILES string of the molecule is CC1CN(Cc2ccc(CNC(=O)c3cc([N+](=O)[O-])cc(S(C)(=O)=O)c3)cc2)CC(C)O1. The molecule has 1 aliphatic rings. The van der Waals surface area contributed by atoms with Crippen LogP contribution in [0.2, 0.25) is 0 Å². The first-order valence-electron chi connectivity index (χ1n) is 10.2. The van der Waals surface area contributed by atoms with Gasteiger partial charge in [0.1, 0.15) is 0 Å². The monoisotopic (exact) mass is 461 g/mol. The van der Waals surface area contributed by atoms with Crippen molar-refractivity contribution in [2.24, 2.45) is 0 Å². The van der Waals surface area contributed by atoms with Crippen LogP contribution >= 0.6 is 0 Å². The number of ether oxygens (including phenoxy) is 1. The van der Waals surface area contributed by atoms with E-state index in [4.69, 9.17) is 4.74 Å². The minimum Gasteiger partial charge on any atom is -0.373 e. The fourth-order valence-electron chi connectivity index (χ4n) is 3.75. The molecule has 10 heteroatoms. The highest BCUT2D eigenvalue weighted by molar-refractivity contribution is 7.90. The number of nitro benzene ring substituents is 1. The third kappa shape index (κ3) is 6.35. The van der Waals surface area contributed by atoms with E-state index in [9.17, 15) is 23.3 Å². The predicted octanol–water partition coefficient (Wildman–Crippen LogP) is 2.54. The second kappa shape index (κ2) is 9.76. The number of hydrogen-bond donors (Lipinski definition) is 1. The average molecular weight is 462 g/mol. The van der Waals surface area contributed by atoms with Gasteiger partial charge in [0.25, 0.3) is 11.6 Å². The molecule has 1 amide bonds. The van der Waals surface area contributed by atoms with Gasteiger partial charge in [-0.05, 0) is 31.0 Å². The lowest BCUT2D eigenvalue weighted by molar-refractivity contribution is -0.385. The number of non-ortho nitro benzene ring substituents is 1. The number of morpholine rings is 1. The molecule has 172 valence electrons. The molecule has 2 aromatic carbocycles. The van der Waals surface area contributed by atoms with Crippen molar-refractivity contribution < 1.29 is 22.9 Å². The number of nitro groups is 1. The summed E-state index contributed by atoms with van der Waals surface area (Å²) >= 11 is 0. The average Bonchev–Trinajstić information content (AvgIpc) is 2.71. The van der Waals surface area contributed by atoms with Crippen LogP contribution in [0.25, 0.3) is 0 Å². The van der Waals surface area contributed by atoms with Crippen molar-refractivity contribution in [2.75, 3.05) is 19.3 Å². The Morgan fingerprint density at radius 1 is 1.12 bits per heavy atom. The van der Waals surface area contributed by atoms with E-state index in [0.717, 1.165) is 55.2 Å². The molecule has 2 aromatic rings. The fourth-order valence-corrected chi connectivity index (χ4v) is 4.43. The molecule has 0 saturated carbocycles. The maximum Gasteiger partial charge on any atom is 0.271 e. The Hall–Kier alpha value is -2.82. The number of sulfone groups is 1. The molecule has 2 atom stereocenters. The van der Waals surface area contributed by atoms with Crippen LogP contribution in [0.5, 0.6) is 0 Å². The van der Waals surface area contributed by atoms with Gasteiger partial charge in [-0.2, -0.15) is 0 Å². The summed E-state index contributed by atoms with van der Waals surface area (Å²) in [6.07, 6.45) is 1.34. The maximum atomic E-state index is 12.5. The van der Waals surface area contributed by atoms with E-state index < -0.39 is 26.4 Å². The summed E-state index contributed by atoms with van der Waals surface area (Å²) in [5, 5.41) is 13.8. The van der Waals surface area contributed by atoms with Gasteiger partial charge in [0.05, 0.1) is 22.0 Å². The molecule has 1 heterocycles. The number of hydrogen-bond acceptors (Lipinski definition) is 7. The molecule has 0 bridgehead atoms. The zero-order valence-electron chi connectivity index (χ0n) is 18.3. The van der Waals surface area contributed by atoms with Crippen molar-refractivity contribution in [3.8, 4) is 0 Å². The highest BCUT2D eigenvalue weighted by atomic mass is 32.2. The number of amides is 1. The van der Waals surface area contributed by atoms with Crippen LogP contribution in [0.15, 0.2) is 47.4 Å². The Kier molecular flexibility index (Phi) is 7.27. The van der Waals surface area contributed by atoms with E-state index in [1.165, 1.54) is 0 Å². The van der Waals surface area contributed by atoms with Gasteiger partial charge in [0.2, 0.25) is 0 Å². The summed E-state index contributed by atoms with van der Waals surface area (Å²) in [5.74, 6) is -0.584. The molecule has 0 spiro atoms. The lowest BCUT2D eigenvalue weighted by atomic mass is 10.1. The Labute approximate surface area is 187 Å². The smallest absolute Gasteiger partial charge is 0.271 e. The highest BCUT2D eigenvalue weighted by Gasteiger charge is 2.22. The third-order valence-electron chi connectivity index (χ3n) is 5.17. The molecule has 1 saturated heterocycles. The molecular formula is C22H27N3O6S. The minimum atomic E-state index is -3.70. The van der Waals surface area contributed by atoms with Crippen molar-refractivity contribution in [2.45, 2.75) is 44.0 Å². The summed E-state index contributed by atoms with van der Waals surface area (Å²) < 4.78 is 29.4.